The maximum Gasteiger partial charge on any atom is 0.409 e. The SMILES string of the molecule is CC[C@@]1(C(F)(F)F)CN1S(=O)(=O)c1ccc(C)cc1. The van der Waals surface area contributed by atoms with Crippen molar-refractivity contribution in [2.75, 3.05) is 6.54 Å². The first-order chi connectivity index (χ1) is 8.65. The molecule has 19 heavy (non-hydrogen) atoms. The quantitative estimate of drug-likeness (QED) is 0.804. The van der Waals surface area contributed by atoms with Crippen molar-refractivity contribution in [2.45, 2.75) is 36.9 Å². The lowest BCUT2D eigenvalue weighted by Gasteiger charge is -2.19. The standard InChI is InChI=1S/C12H14F3NO2S/c1-3-11(12(13,14)15)8-16(11)19(17,18)10-6-4-9(2)5-7-10/h4-7H,3,8H2,1-2H3/t11-,16?/m0/s1. The number of rotatable bonds is 3. The first kappa shape index (κ1) is 14.3. The number of sulfonamides is 1. The molecule has 2 rings (SSSR count). The summed E-state index contributed by atoms with van der Waals surface area (Å²) in [6, 6.07) is 5.80. The smallest absolute Gasteiger partial charge is 0.207 e. The second-order valence-corrected chi connectivity index (χ2v) is 6.57. The van der Waals surface area contributed by atoms with Gasteiger partial charge >= 0.3 is 6.18 Å². The summed E-state index contributed by atoms with van der Waals surface area (Å²) in [5.74, 6) is 0. The highest BCUT2D eigenvalue weighted by molar-refractivity contribution is 7.89. The maximum absolute atomic E-state index is 13.0. The van der Waals surface area contributed by atoms with E-state index in [9.17, 15) is 21.6 Å². The van der Waals surface area contributed by atoms with Crippen LogP contribution < -0.4 is 0 Å². The molecule has 0 aliphatic carbocycles. The van der Waals surface area contributed by atoms with Gasteiger partial charge in [0.1, 0.15) is 5.54 Å². The van der Waals surface area contributed by atoms with E-state index in [0.717, 1.165) is 5.56 Å². The Balaban J connectivity index is 2.36. The Bertz CT molecular complexity index is 580. The van der Waals surface area contributed by atoms with Crippen molar-refractivity contribution in [3.63, 3.8) is 0 Å². The molecule has 0 aromatic heterocycles. The van der Waals surface area contributed by atoms with E-state index in [2.05, 4.69) is 0 Å². The molecule has 1 aliphatic rings. The molecule has 0 N–H and O–H groups in total. The van der Waals surface area contributed by atoms with Gasteiger partial charge in [0.25, 0.3) is 0 Å². The fraction of sp³-hybridized carbons (Fsp3) is 0.500. The van der Waals surface area contributed by atoms with E-state index in [1.54, 1.807) is 19.1 Å². The van der Waals surface area contributed by atoms with Gasteiger partial charge in [-0.2, -0.15) is 17.5 Å². The molecule has 106 valence electrons. The Morgan fingerprint density at radius 3 is 2.16 bits per heavy atom. The van der Waals surface area contributed by atoms with Crippen molar-refractivity contribution in [2.24, 2.45) is 0 Å². The molecule has 7 heteroatoms. The molecule has 0 spiro atoms. The third-order valence-electron chi connectivity index (χ3n) is 3.50. The lowest BCUT2D eigenvalue weighted by atomic mass is 10.1. The number of hydrogen-bond acceptors (Lipinski definition) is 2. The van der Waals surface area contributed by atoms with Gasteiger partial charge in [0.2, 0.25) is 10.0 Å². The van der Waals surface area contributed by atoms with E-state index >= 15 is 0 Å². The van der Waals surface area contributed by atoms with E-state index in [1.165, 1.54) is 19.1 Å². The monoisotopic (exact) mass is 293 g/mol. The molecular formula is C12H14F3NO2S. The van der Waals surface area contributed by atoms with Crippen molar-refractivity contribution in [3.8, 4) is 0 Å². The van der Waals surface area contributed by atoms with Gasteiger partial charge in [-0.15, -0.1) is 0 Å². The summed E-state index contributed by atoms with van der Waals surface area (Å²) in [5, 5.41) is 0. The summed E-state index contributed by atoms with van der Waals surface area (Å²) in [6.45, 7) is 2.63. The molecule has 1 unspecified atom stereocenters. The molecule has 3 nitrogen and oxygen atoms in total. The van der Waals surface area contributed by atoms with Crippen LogP contribution in [0.1, 0.15) is 18.9 Å². The molecule has 0 amide bonds. The zero-order valence-electron chi connectivity index (χ0n) is 10.5. The molecular weight excluding hydrogens is 279 g/mol. The summed E-state index contributed by atoms with van der Waals surface area (Å²) >= 11 is 0. The molecule has 1 aromatic rings. The Kier molecular flexibility index (Phi) is 3.17. The predicted octanol–water partition coefficient (Wildman–Crippen LogP) is 2.71. The second kappa shape index (κ2) is 4.21. The van der Waals surface area contributed by atoms with Crippen LogP contribution in [0.15, 0.2) is 29.2 Å². The molecule has 1 heterocycles. The molecule has 1 fully saturated rings. The minimum absolute atomic E-state index is 0.0994. The summed E-state index contributed by atoms with van der Waals surface area (Å²) in [5.41, 5.74) is -1.38. The highest BCUT2D eigenvalue weighted by atomic mass is 32.2. The fourth-order valence-electron chi connectivity index (χ4n) is 2.07. The maximum atomic E-state index is 13.0. The van der Waals surface area contributed by atoms with Gasteiger partial charge in [-0.1, -0.05) is 24.6 Å². The Morgan fingerprint density at radius 2 is 1.79 bits per heavy atom. The van der Waals surface area contributed by atoms with Crippen molar-refractivity contribution < 1.29 is 21.6 Å². The summed E-state index contributed by atoms with van der Waals surface area (Å²) in [6.07, 6.45) is -4.82. The summed E-state index contributed by atoms with van der Waals surface area (Å²) in [7, 11) is -4.07. The summed E-state index contributed by atoms with van der Waals surface area (Å²) in [4.78, 5) is -0.0994. The first-order valence-corrected chi connectivity index (χ1v) is 7.25. The minimum Gasteiger partial charge on any atom is -0.207 e. The van der Waals surface area contributed by atoms with Gasteiger partial charge in [-0.05, 0) is 25.5 Å². The highest BCUT2D eigenvalue weighted by Gasteiger charge is 2.72. The van der Waals surface area contributed by atoms with E-state index in [-0.39, 0.29) is 11.3 Å². The number of halogens is 3. The molecule has 1 aromatic carbocycles. The van der Waals surface area contributed by atoms with Gasteiger partial charge in [0, 0.05) is 6.54 Å². The van der Waals surface area contributed by atoms with Crippen molar-refractivity contribution in [1.29, 1.82) is 0 Å². The highest BCUT2D eigenvalue weighted by Crippen LogP contribution is 2.51. The van der Waals surface area contributed by atoms with Crippen LogP contribution in [0.5, 0.6) is 0 Å². The lowest BCUT2D eigenvalue weighted by Crippen LogP contribution is -2.38. The molecule has 1 aliphatic heterocycles. The van der Waals surface area contributed by atoms with E-state index in [4.69, 9.17) is 0 Å². The largest absolute Gasteiger partial charge is 0.409 e. The Labute approximate surface area is 110 Å². The fourth-order valence-corrected chi connectivity index (χ4v) is 3.89. The minimum atomic E-state index is -4.54. The third kappa shape index (κ3) is 2.14. The van der Waals surface area contributed by atoms with Gasteiger partial charge in [-0.25, -0.2) is 8.42 Å². The predicted molar refractivity (Wildman–Crippen MR) is 64.1 cm³/mol. The van der Waals surface area contributed by atoms with Crippen LogP contribution in [0.3, 0.4) is 0 Å². The van der Waals surface area contributed by atoms with E-state index in [0.29, 0.717) is 4.31 Å². The first-order valence-electron chi connectivity index (χ1n) is 5.81. The molecule has 1 saturated heterocycles. The number of aryl methyl sites for hydroxylation is 1. The molecule has 0 bridgehead atoms. The zero-order chi connectivity index (χ0) is 14.5. The molecule has 0 radical (unpaired) electrons. The van der Waals surface area contributed by atoms with E-state index < -0.39 is 28.3 Å². The van der Waals surface area contributed by atoms with Crippen LogP contribution in [0.2, 0.25) is 0 Å². The summed E-state index contributed by atoms with van der Waals surface area (Å²) < 4.78 is 63.7. The number of benzene rings is 1. The third-order valence-corrected chi connectivity index (χ3v) is 5.43. The van der Waals surface area contributed by atoms with Crippen LogP contribution in [-0.4, -0.2) is 31.0 Å². The Morgan fingerprint density at radius 1 is 1.26 bits per heavy atom. The van der Waals surface area contributed by atoms with Crippen molar-refractivity contribution in [3.05, 3.63) is 29.8 Å². The van der Waals surface area contributed by atoms with Gasteiger partial charge in [0.05, 0.1) is 4.90 Å². The number of hydrogen-bond donors (Lipinski definition) is 0. The number of alkyl halides is 3. The van der Waals surface area contributed by atoms with Crippen molar-refractivity contribution >= 4 is 10.0 Å². The van der Waals surface area contributed by atoms with E-state index in [1.807, 2.05) is 0 Å². The van der Waals surface area contributed by atoms with Gasteiger partial charge < -0.3 is 0 Å². The molecule has 0 saturated carbocycles. The Hall–Kier alpha value is -1.08. The second-order valence-electron chi connectivity index (χ2n) is 4.71. The average molecular weight is 293 g/mol. The van der Waals surface area contributed by atoms with Crippen LogP contribution >= 0.6 is 0 Å². The van der Waals surface area contributed by atoms with Crippen LogP contribution in [-0.2, 0) is 10.0 Å². The van der Waals surface area contributed by atoms with Crippen LogP contribution in [0.25, 0.3) is 0 Å². The zero-order valence-corrected chi connectivity index (χ0v) is 11.3. The van der Waals surface area contributed by atoms with Crippen molar-refractivity contribution in [1.82, 2.24) is 4.31 Å². The van der Waals surface area contributed by atoms with Crippen LogP contribution in [0, 0.1) is 6.92 Å². The average Bonchev–Trinajstić information content (AvgIpc) is 3.05. The van der Waals surface area contributed by atoms with Gasteiger partial charge in [0.15, 0.2) is 0 Å². The molecule has 2 atom stereocenters. The lowest BCUT2D eigenvalue weighted by molar-refractivity contribution is -0.166. The van der Waals surface area contributed by atoms with Crippen LogP contribution in [0.4, 0.5) is 13.2 Å². The topological polar surface area (TPSA) is 37.1 Å². The normalized spacial score (nSPS) is 27.3. The van der Waals surface area contributed by atoms with Gasteiger partial charge in [-0.3, -0.25) is 0 Å². The number of nitrogens with zero attached hydrogens (tertiary/aromatic N) is 1.